The van der Waals surface area contributed by atoms with Gasteiger partial charge in [-0.2, -0.15) is 0 Å². The maximum Gasteiger partial charge on any atom is 0.323 e. The summed E-state index contributed by atoms with van der Waals surface area (Å²) < 4.78 is 0. The molecule has 5 heteroatoms. The van der Waals surface area contributed by atoms with E-state index in [0.29, 0.717) is 25.7 Å². The molecule has 0 fully saturated rings. The molecule has 0 spiro atoms. The summed E-state index contributed by atoms with van der Waals surface area (Å²) in [5, 5.41) is 9.43. The number of hydrogen-bond donors (Lipinski definition) is 2. The van der Waals surface area contributed by atoms with Crippen LogP contribution in [0.1, 0.15) is 38.2 Å². The fourth-order valence-electron chi connectivity index (χ4n) is 2.47. The summed E-state index contributed by atoms with van der Waals surface area (Å²) in [6.45, 7) is 4.44. The zero-order chi connectivity index (χ0) is 16.4. The number of unbranched alkanes of at least 4 members (excludes halogenated alkanes) is 1. The van der Waals surface area contributed by atoms with Crippen LogP contribution in [0, 0.1) is 0 Å². The summed E-state index contributed by atoms with van der Waals surface area (Å²) in [7, 11) is 5.47. The Morgan fingerprint density at radius 2 is 1.95 bits per heavy atom. The second-order valence-electron chi connectivity index (χ2n) is 5.81. The van der Waals surface area contributed by atoms with Crippen LogP contribution in [0.4, 0.5) is 0 Å². The van der Waals surface area contributed by atoms with E-state index in [9.17, 15) is 9.90 Å². The molecule has 3 N–H and O–H groups in total. The van der Waals surface area contributed by atoms with Gasteiger partial charge in [0.2, 0.25) is 0 Å². The van der Waals surface area contributed by atoms with Crippen molar-refractivity contribution in [3.8, 4) is 0 Å². The zero-order valence-corrected chi connectivity index (χ0v) is 13.5. The van der Waals surface area contributed by atoms with Crippen LogP contribution in [0.3, 0.4) is 0 Å². The highest BCUT2D eigenvalue weighted by Crippen LogP contribution is 2.18. The van der Waals surface area contributed by atoms with E-state index in [1.54, 1.807) is 0 Å². The standard InChI is InChI=1S/C17H27BN2O2/c1-2-20(14-15-8-4-3-5-9-15)13-11-17(19,16(21)22)10-6-7-12-18/h3-5,8-9H,2,6-7,10-14,19H2,1H3,(H,21,22). The summed E-state index contributed by atoms with van der Waals surface area (Å²) in [6.07, 6.45) is 3.07. The van der Waals surface area contributed by atoms with Crippen molar-refractivity contribution in [2.75, 3.05) is 13.1 Å². The van der Waals surface area contributed by atoms with Crippen molar-refractivity contribution in [1.29, 1.82) is 0 Å². The van der Waals surface area contributed by atoms with Gasteiger partial charge in [-0.3, -0.25) is 9.69 Å². The monoisotopic (exact) mass is 302 g/mol. The summed E-state index contributed by atoms with van der Waals surface area (Å²) in [4.78, 5) is 13.7. The first-order valence-electron chi connectivity index (χ1n) is 8.00. The molecule has 1 rings (SSSR count). The van der Waals surface area contributed by atoms with E-state index in [1.165, 1.54) is 5.56 Å². The van der Waals surface area contributed by atoms with Crippen molar-refractivity contribution in [2.24, 2.45) is 5.73 Å². The Morgan fingerprint density at radius 3 is 2.50 bits per heavy atom. The molecule has 120 valence electrons. The normalized spacial score (nSPS) is 14.0. The Labute approximate surface area is 135 Å². The van der Waals surface area contributed by atoms with Crippen LogP contribution in [-0.4, -0.2) is 42.5 Å². The van der Waals surface area contributed by atoms with Gasteiger partial charge in [0.15, 0.2) is 0 Å². The number of carboxylic acid groups (broad SMARTS) is 1. The van der Waals surface area contributed by atoms with Crippen molar-refractivity contribution in [3.63, 3.8) is 0 Å². The number of aliphatic carboxylic acids is 1. The number of nitrogens with two attached hydrogens (primary N) is 1. The van der Waals surface area contributed by atoms with Gasteiger partial charge in [-0.1, -0.05) is 56.4 Å². The van der Waals surface area contributed by atoms with Crippen molar-refractivity contribution in [2.45, 2.75) is 51.0 Å². The van der Waals surface area contributed by atoms with Gasteiger partial charge in [0.05, 0.1) is 7.85 Å². The molecule has 1 unspecified atom stereocenters. The first-order chi connectivity index (χ1) is 10.5. The molecule has 0 aliphatic heterocycles. The average molecular weight is 302 g/mol. The lowest BCUT2D eigenvalue weighted by molar-refractivity contribution is -0.144. The molecule has 4 nitrogen and oxygen atoms in total. The van der Waals surface area contributed by atoms with Gasteiger partial charge < -0.3 is 10.8 Å². The van der Waals surface area contributed by atoms with E-state index in [1.807, 2.05) is 18.2 Å². The smallest absolute Gasteiger partial charge is 0.323 e. The summed E-state index contributed by atoms with van der Waals surface area (Å²) in [5.41, 5.74) is 6.18. The lowest BCUT2D eigenvalue weighted by Gasteiger charge is -2.29. The third kappa shape index (κ3) is 6.20. The highest BCUT2D eigenvalue weighted by Gasteiger charge is 2.33. The third-order valence-corrected chi connectivity index (χ3v) is 4.07. The Kier molecular flexibility index (Phi) is 8.21. The molecule has 0 aliphatic rings. The summed E-state index contributed by atoms with van der Waals surface area (Å²) >= 11 is 0. The number of hydrogen-bond acceptors (Lipinski definition) is 3. The van der Waals surface area contributed by atoms with Crippen LogP contribution in [0.25, 0.3) is 0 Å². The second kappa shape index (κ2) is 9.64. The van der Waals surface area contributed by atoms with Crippen molar-refractivity contribution in [1.82, 2.24) is 4.90 Å². The molecule has 0 saturated carbocycles. The number of carboxylic acids is 1. The average Bonchev–Trinajstić information content (AvgIpc) is 2.52. The first-order valence-corrected chi connectivity index (χ1v) is 8.00. The van der Waals surface area contributed by atoms with E-state index in [2.05, 4.69) is 24.0 Å². The predicted molar refractivity (Wildman–Crippen MR) is 91.0 cm³/mol. The third-order valence-electron chi connectivity index (χ3n) is 4.07. The minimum absolute atomic E-state index is 0.452. The van der Waals surface area contributed by atoms with Crippen molar-refractivity contribution in [3.05, 3.63) is 35.9 Å². The lowest BCUT2D eigenvalue weighted by Crippen LogP contribution is -2.50. The van der Waals surface area contributed by atoms with Gasteiger partial charge >= 0.3 is 5.97 Å². The minimum atomic E-state index is -1.15. The number of rotatable bonds is 11. The van der Waals surface area contributed by atoms with E-state index in [0.717, 1.165) is 25.9 Å². The molecule has 0 amide bonds. The fourth-order valence-corrected chi connectivity index (χ4v) is 2.47. The Bertz CT molecular complexity index is 442. The largest absolute Gasteiger partial charge is 0.480 e. The molecule has 0 bridgehead atoms. The highest BCUT2D eigenvalue weighted by molar-refractivity contribution is 6.08. The number of carbonyl (C=O) groups is 1. The highest BCUT2D eigenvalue weighted by atomic mass is 16.4. The van der Waals surface area contributed by atoms with Crippen LogP contribution in [0.15, 0.2) is 30.3 Å². The molecule has 22 heavy (non-hydrogen) atoms. The van der Waals surface area contributed by atoms with Crippen LogP contribution >= 0.6 is 0 Å². The van der Waals surface area contributed by atoms with E-state index in [-0.39, 0.29) is 0 Å². The van der Waals surface area contributed by atoms with Crippen molar-refractivity contribution >= 4 is 13.8 Å². The van der Waals surface area contributed by atoms with Gasteiger partial charge in [0.25, 0.3) is 0 Å². The van der Waals surface area contributed by atoms with Gasteiger partial charge in [0, 0.05) is 13.1 Å². The second-order valence-corrected chi connectivity index (χ2v) is 5.81. The van der Waals surface area contributed by atoms with Gasteiger partial charge in [-0.15, -0.1) is 0 Å². The maximum atomic E-state index is 11.5. The van der Waals surface area contributed by atoms with E-state index < -0.39 is 11.5 Å². The molecule has 0 aliphatic carbocycles. The van der Waals surface area contributed by atoms with Crippen LogP contribution in [0.2, 0.25) is 6.32 Å². The molecule has 0 heterocycles. The SMILES string of the molecule is [B]CCCCC(N)(CCN(CC)Cc1ccccc1)C(=O)O. The lowest BCUT2D eigenvalue weighted by atomic mass is 9.88. The summed E-state index contributed by atoms with van der Waals surface area (Å²) in [5.74, 6) is -0.916. The zero-order valence-electron chi connectivity index (χ0n) is 13.5. The van der Waals surface area contributed by atoms with Gasteiger partial charge in [-0.05, 0) is 24.9 Å². The maximum absolute atomic E-state index is 11.5. The van der Waals surface area contributed by atoms with Crippen LogP contribution in [0.5, 0.6) is 0 Å². The molecule has 1 atom stereocenters. The number of benzene rings is 1. The Balaban J connectivity index is 2.55. The molecular weight excluding hydrogens is 275 g/mol. The van der Waals surface area contributed by atoms with Gasteiger partial charge in [-0.25, -0.2) is 0 Å². The molecular formula is C17H27BN2O2. The Hall–Kier alpha value is -1.33. The molecule has 1 aromatic carbocycles. The molecule has 2 radical (unpaired) electrons. The summed E-state index contributed by atoms with van der Waals surface area (Å²) in [6, 6.07) is 10.2. The Morgan fingerprint density at radius 1 is 1.27 bits per heavy atom. The van der Waals surface area contributed by atoms with Crippen LogP contribution in [-0.2, 0) is 11.3 Å². The van der Waals surface area contributed by atoms with E-state index >= 15 is 0 Å². The van der Waals surface area contributed by atoms with Gasteiger partial charge in [0.1, 0.15) is 5.54 Å². The fraction of sp³-hybridized carbons (Fsp3) is 0.588. The molecule has 0 aromatic heterocycles. The predicted octanol–water partition coefficient (Wildman–Crippen LogP) is 2.44. The number of nitrogens with zero attached hydrogens (tertiary/aromatic N) is 1. The molecule has 1 aromatic rings. The molecule has 0 saturated heterocycles. The van der Waals surface area contributed by atoms with E-state index in [4.69, 9.17) is 13.6 Å². The first kappa shape index (κ1) is 18.7. The topological polar surface area (TPSA) is 66.6 Å². The quantitative estimate of drug-likeness (QED) is 0.487. The minimum Gasteiger partial charge on any atom is -0.480 e. The van der Waals surface area contributed by atoms with Crippen molar-refractivity contribution < 1.29 is 9.90 Å². The van der Waals surface area contributed by atoms with Crippen LogP contribution < -0.4 is 5.73 Å².